The molecular weight excluding hydrogens is 230 g/mol. The van der Waals surface area contributed by atoms with E-state index in [1.165, 1.54) is 0 Å². The lowest BCUT2D eigenvalue weighted by molar-refractivity contribution is -0.116. The molecule has 1 heterocycles. The van der Waals surface area contributed by atoms with Crippen molar-refractivity contribution in [2.24, 2.45) is 10.2 Å². The maximum atomic E-state index is 11.8. The van der Waals surface area contributed by atoms with Crippen LogP contribution in [0.2, 0.25) is 0 Å². The molecule has 0 fully saturated rings. The number of rotatable bonds is 5. The lowest BCUT2D eigenvalue weighted by atomic mass is 10.1. The first-order chi connectivity index (χ1) is 8.52. The molecule has 0 aliphatic carbocycles. The second-order valence-electron chi connectivity index (χ2n) is 4.67. The van der Waals surface area contributed by atoms with Gasteiger partial charge in [0.05, 0.1) is 12.8 Å². The molecule has 0 atom stereocenters. The monoisotopic (exact) mass is 247 g/mol. The predicted octanol–water partition coefficient (Wildman–Crippen LogP) is 2.90. The summed E-state index contributed by atoms with van der Waals surface area (Å²) < 4.78 is 5.21. The van der Waals surface area contributed by atoms with Crippen LogP contribution in [-0.2, 0) is 4.79 Å². The van der Waals surface area contributed by atoms with Gasteiger partial charge in [0.2, 0.25) is 5.91 Å². The first kappa shape index (κ1) is 12.5. The average molecular weight is 247 g/mol. The highest BCUT2D eigenvalue weighted by Gasteiger charge is 2.33. The van der Waals surface area contributed by atoms with Gasteiger partial charge in [-0.25, -0.2) is 0 Å². The second-order valence-corrected chi connectivity index (χ2v) is 4.67. The molecule has 0 saturated carbocycles. The third-order valence-electron chi connectivity index (χ3n) is 2.90. The van der Waals surface area contributed by atoms with E-state index in [9.17, 15) is 4.79 Å². The molecule has 0 saturated heterocycles. The third kappa shape index (κ3) is 3.06. The zero-order valence-electron chi connectivity index (χ0n) is 10.9. The van der Waals surface area contributed by atoms with Crippen LogP contribution in [0, 0.1) is 6.92 Å². The Balaban J connectivity index is 1.95. The molecule has 1 aliphatic rings. The van der Waals surface area contributed by atoms with Crippen LogP contribution in [0.15, 0.2) is 28.4 Å². The standard InChI is InChI=1S/C13H17N3O2/c1-9-4-5-11(18-3)10(8-9)14-12(17)6-7-13(2)15-16-13/h4-5,8H,6-7H2,1-3H3,(H,14,17). The quantitative estimate of drug-likeness (QED) is 0.869. The minimum absolute atomic E-state index is 0.0441. The molecule has 2 rings (SSSR count). The molecule has 5 heteroatoms. The fourth-order valence-corrected chi connectivity index (χ4v) is 1.67. The summed E-state index contributed by atoms with van der Waals surface area (Å²) in [4.78, 5) is 11.8. The van der Waals surface area contributed by atoms with E-state index in [4.69, 9.17) is 4.74 Å². The molecule has 1 N–H and O–H groups in total. The van der Waals surface area contributed by atoms with Crippen molar-refractivity contribution in [2.75, 3.05) is 12.4 Å². The summed E-state index contributed by atoms with van der Waals surface area (Å²) in [5.74, 6) is 0.624. The molecule has 1 aliphatic heterocycles. The number of nitrogens with zero attached hydrogens (tertiary/aromatic N) is 2. The summed E-state index contributed by atoms with van der Waals surface area (Å²) in [6, 6.07) is 5.68. The number of hydrogen-bond donors (Lipinski definition) is 1. The van der Waals surface area contributed by atoms with Gasteiger partial charge in [-0.1, -0.05) is 6.07 Å². The molecule has 1 amide bonds. The van der Waals surface area contributed by atoms with Gasteiger partial charge in [0.1, 0.15) is 5.75 Å². The van der Waals surface area contributed by atoms with E-state index in [1.54, 1.807) is 7.11 Å². The van der Waals surface area contributed by atoms with Crippen LogP contribution in [0.25, 0.3) is 0 Å². The first-order valence-electron chi connectivity index (χ1n) is 5.91. The van der Waals surface area contributed by atoms with Crippen LogP contribution in [0.5, 0.6) is 5.75 Å². The molecule has 0 radical (unpaired) electrons. The van der Waals surface area contributed by atoms with Crippen LogP contribution in [0.3, 0.4) is 0 Å². The first-order valence-corrected chi connectivity index (χ1v) is 5.91. The summed E-state index contributed by atoms with van der Waals surface area (Å²) in [6.45, 7) is 3.88. The van der Waals surface area contributed by atoms with E-state index in [0.717, 1.165) is 5.56 Å². The zero-order valence-corrected chi connectivity index (χ0v) is 10.9. The van der Waals surface area contributed by atoms with Gasteiger partial charge in [-0.05, 0) is 31.5 Å². The molecule has 0 aromatic heterocycles. The number of nitrogens with one attached hydrogen (secondary N) is 1. The lowest BCUT2D eigenvalue weighted by Crippen LogP contribution is -2.15. The van der Waals surface area contributed by atoms with Gasteiger partial charge in [-0.15, -0.1) is 0 Å². The minimum atomic E-state index is -0.325. The Labute approximate surface area is 106 Å². The molecule has 18 heavy (non-hydrogen) atoms. The van der Waals surface area contributed by atoms with E-state index in [0.29, 0.717) is 24.3 Å². The number of benzene rings is 1. The van der Waals surface area contributed by atoms with E-state index in [1.807, 2.05) is 32.0 Å². The number of carbonyl (C=O) groups is 1. The van der Waals surface area contributed by atoms with Gasteiger partial charge < -0.3 is 10.1 Å². The largest absolute Gasteiger partial charge is 0.495 e. The topological polar surface area (TPSA) is 63.0 Å². The summed E-state index contributed by atoms with van der Waals surface area (Å²) in [7, 11) is 1.59. The predicted molar refractivity (Wildman–Crippen MR) is 68.9 cm³/mol. The highest BCUT2D eigenvalue weighted by atomic mass is 16.5. The Morgan fingerprint density at radius 2 is 2.17 bits per heavy atom. The molecule has 0 bridgehead atoms. The molecule has 1 aromatic carbocycles. The van der Waals surface area contributed by atoms with Crippen molar-refractivity contribution in [2.45, 2.75) is 32.4 Å². The Morgan fingerprint density at radius 1 is 1.44 bits per heavy atom. The Morgan fingerprint density at radius 3 is 2.78 bits per heavy atom. The maximum Gasteiger partial charge on any atom is 0.224 e. The smallest absolute Gasteiger partial charge is 0.224 e. The van der Waals surface area contributed by atoms with Crippen LogP contribution >= 0.6 is 0 Å². The molecule has 0 spiro atoms. The van der Waals surface area contributed by atoms with E-state index >= 15 is 0 Å². The minimum Gasteiger partial charge on any atom is -0.495 e. The van der Waals surface area contributed by atoms with Crippen molar-refractivity contribution < 1.29 is 9.53 Å². The average Bonchev–Trinajstić information content (AvgIpc) is 3.06. The normalized spacial score (nSPS) is 15.3. The molecule has 5 nitrogen and oxygen atoms in total. The van der Waals surface area contributed by atoms with Gasteiger partial charge >= 0.3 is 0 Å². The SMILES string of the molecule is COc1ccc(C)cc1NC(=O)CCC1(C)N=N1. The number of hydrogen-bond acceptors (Lipinski definition) is 4. The van der Waals surface area contributed by atoms with Gasteiger partial charge in [0.15, 0.2) is 5.66 Å². The van der Waals surface area contributed by atoms with Crippen molar-refractivity contribution in [1.82, 2.24) is 0 Å². The summed E-state index contributed by atoms with van der Waals surface area (Å²) >= 11 is 0. The summed E-state index contributed by atoms with van der Waals surface area (Å²) in [6.07, 6.45) is 1.05. The van der Waals surface area contributed by atoms with Gasteiger partial charge in [-0.2, -0.15) is 10.2 Å². The summed E-state index contributed by atoms with van der Waals surface area (Å²) in [5, 5.41) is 10.6. The Kier molecular flexibility index (Phi) is 3.32. The molecule has 0 unspecified atom stereocenters. The fourth-order valence-electron chi connectivity index (χ4n) is 1.67. The van der Waals surface area contributed by atoms with E-state index < -0.39 is 0 Å². The lowest BCUT2D eigenvalue weighted by Gasteiger charge is -2.11. The van der Waals surface area contributed by atoms with Crippen molar-refractivity contribution in [1.29, 1.82) is 0 Å². The Hall–Kier alpha value is -1.91. The van der Waals surface area contributed by atoms with Gasteiger partial charge in [0.25, 0.3) is 0 Å². The number of ether oxygens (including phenoxy) is 1. The van der Waals surface area contributed by atoms with Crippen molar-refractivity contribution >= 4 is 11.6 Å². The maximum absolute atomic E-state index is 11.8. The highest BCUT2D eigenvalue weighted by Crippen LogP contribution is 2.32. The van der Waals surface area contributed by atoms with E-state index in [-0.39, 0.29) is 11.6 Å². The molecule has 96 valence electrons. The summed E-state index contributed by atoms with van der Waals surface area (Å²) in [5.41, 5.74) is 1.45. The number of methoxy groups -OCH3 is 1. The number of amides is 1. The highest BCUT2D eigenvalue weighted by molar-refractivity contribution is 5.92. The van der Waals surface area contributed by atoms with Crippen LogP contribution in [-0.4, -0.2) is 18.7 Å². The number of aryl methyl sites for hydroxylation is 1. The molecular formula is C13H17N3O2. The van der Waals surface area contributed by atoms with E-state index in [2.05, 4.69) is 15.5 Å². The Bertz CT molecular complexity index is 491. The van der Waals surface area contributed by atoms with Crippen LogP contribution in [0.1, 0.15) is 25.3 Å². The third-order valence-corrected chi connectivity index (χ3v) is 2.90. The van der Waals surface area contributed by atoms with Gasteiger partial charge in [0, 0.05) is 12.8 Å². The molecule has 1 aromatic rings. The van der Waals surface area contributed by atoms with Crippen molar-refractivity contribution in [3.63, 3.8) is 0 Å². The second kappa shape index (κ2) is 4.76. The van der Waals surface area contributed by atoms with Gasteiger partial charge in [-0.3, -0.25) is 4.79 Å². The van der Waals surface area contributed by atoms with Crippen molar-refractivity contribution in [3.8, 4) is 5.75 Å². The number of carbonyl (C=O) groups excluding carboxylic acids is 1. The fraction of sp³-hybridized carbons (Fsp3) is 0.462. The number of anilines is 1. The zero-order chi connectivity index (χ0) is 13.2. The van der Waals surface area contributed by atoms with Crippen LogP contribution < -0.4 is 10.1 Å². The van der Waals surface area contributed by atoms with Crippen LogP contribution in [0.4, 0.5) is 5.69 Å². The van der Waals surface area contributed by atoms with Crippen molar-refractivity contribution in [3.05, 3.63) is 23.8 Å².